The standard InChI is InChI=1S/C17H31N3O/c1-5-10-18-16(14-9-7-8-13(14)3)17-15(21-4)12-19-20(17)11-6-2/h12-14,16,18H,5-11H2,1-4H3. The quantitative estimate of drug-likeness (QED) is 0.793. The molecule has 1 saturated carbocycles. The molecular weight excluding hydrogens is 262 g/mol. The SMILES string of the molecule is CCCNC(c1c(OC)cnn1CCC)C1CCCC1C. The van der Waals surface area contributed by atoms with Gasteiger partial charge in [0.05, 0.1) is 25.0 Å². The summed E-state index contributed by atoms with van der Waals surface area (Å²) in [5.74, 6) is 2.41. The maximum Gasteiger partial charge on any atom is 0.161 e. The third-order valence-electron chi connectivity index (χ3n) is 4.77. The first-order chi connectivity index (χ1) is 10.2. The number of ether oxygens (including phenoxy) is 1. The van der Waals surface area contributed by atoms with Crippen molar-refractivity contribution in [2.45, 2.75) is 65.5 Å². The number of hydrogen-bond acceptors (Lipinski definition) is 3. The first-order valence-corrected chi connectivity index (χ1v) is 8.55. The molecule has 0 amide bonds. The molecule has 2 rings (SSSR count). The van der Waals surface area contributed by atoms with E-state index in [1.165, 1.54) is 25.0 Å². The van der Waals surface area contributed by atoms with Gasteiger partial charge in [-0.3, -0.25) is 4.68 Å². The van der Waals surface area contributed by atoms with Crippen molar-refractivity contribution < 1.29 is 4.74 Å². The molecule has 0 spiro atoms. The third kappa shape index (κ3) is 3.60. The average molecular weight is 293 g/mol. The van der Waals surface area contributed by atoms with E-state index in [1.807, 2.05) is 6.20 Å². The second kappa shape index (κ2) is 7.83. The van der Waals surface area contributed by atoms with Crippen molar-refractivity contribution >= 4 is 0 Å². The van der Waals surface area contributed by atoms with Gasteiger partial charge in [0.15, 0.2) is 5.75 Å². The molecule has 1 N–H and O–H groups in total. The van der Waals surface area contributed by atoms with Crippen LogP contribution in [-0.2, 0) is 6.54 Å². The van der Waals surface area contributed by atoms with Crippen molar-refractivity contribution in [3.63, 3.8) is 0 Å². The summed E-state index contributed by atoms with van der Waals surface area (Å²) in [4.78, 5) is 0. The van der Waals surface area contributed by atoms with Crippen molar-refractivity contribution in [1.82, 2.24) is 15.1 Å². The normalized spacial score (nSPS) is 23.4. The van der Waals surface area contributed by atoms with Crippen LogP contribution < -0.4 is 10.1 Å². The highest BCUT2D eigenvalue weighted by Crippen LogP contribution is 2.42. The molecule has 1 aliphatic rings. The molecule has 0 saturated heterocycles. The van der Waals surface area contributed by atoms with Gasteiger partial charge in [0, 0.05) is 6.54 Å². The topological polar surface area (TPSA) is 39.1 Å². The lowest BCUT2D eigenvalue weighted by Crippen LogP contribution is -2.32. The molecule has 0 aliphatic heterocycles. The fourth-order valence-electron chi connectivity index (χ4n) is 3.66. The van der Waals surface area contributed by atoms with E-state index in [-0.39, 0.29) is 0 Å². The highest BCUT2D eigenvalue weighted by atomic mass is 16.5. The molecule has 0 aromatic carbocycles. The van der Waals surface area contributed by atoms with Gasteiger partial charge in [-0.25, -0.2) is 0 Å². The van der Waals surface area contributed by atoms with Crippen LogP contribution in [0.2, 0.25) is 0 Å². The molecule has 1 heterocycles. The summed E-state index contributed by atoms with van der Waals surface area (Å²) in [5, 5.41) is 8.33. The Labute approximate surface area is 129 Å². The van der Waals surface area contributed by atoms with Crippen LogP contribution in [0.15, 0.2) is 6.20 Å². The molecule has 0 bridgehead atoms. The van der Waals surface area contributed by atoms with Gasteiger partial charge in [-0.15, -0.1) is 0 Å². The van der Waals surface area contributed by atoms with Gasteiger partial charge in [0.2, 0.25) is 0 Å². The Morgan fingerprint density at radius 1 is 1.38 bits per heavy atom. The first-order valence-electron chi connectivity index (χ1n) is 8.55. The molecule has 120 valence electrons. The number of nitrogens with zero attached hydrogens (tertiary/aromatic N) is 2. The van der Waals surface area contributed by atoms with Gasteiger partial charge in [0.25, 0.3) is 0 Å². The first kappa shape index (κ1) is 16.3. The van der Waals surface area contributed by atoms with Crippen LogP contribution in [0, 0.1) is 11.8 Å². The number of aromatic nitrogens is 2. The summed E-state index contributed by atoms with van der Waals surface area (Å²) in [6, 6.07) is 0.367. The maximum atomic E-state index is 5.60. The van der Waals surface area contributed by atoms with E-state index in [0.717, 1.165) is 37.6 Å². The largest absolute Gasteiger partial charge is 0.493 e. The fourth-order valence-corrected chi connectivity index (χ4v) is 3.66. The average Bonchev–Trinajstić information content (AvgIpc) is 3.08. The predicted molar refractivity (Wildman–Crippen MR) is 86.6 cm³/mol. The zero-order valence-electron chi connectivity index (χ0n) is 14.1. The molecule has 4 heteroatoms. The van der Waals surface area contributed by atoms with Gasteiger partial charge < -0.3 is 10.1 Å². The number of hydrogen-bond donors (Lipinski definition) is 1. The Balaban J connectivity index is 2.32. The summed E-state index contributed by atoms with van der Waals surface area (Å²) in [5.41, 5.74) is 1.26. The summed E-state index contributed by atoms with van der Waals surface area (Å²) in [6.45, 7) is 8.83. The van der Waals surface area contributed by atoms with Gasteiger partial charge >= 0.3 is 0 Å². The minimum atomic E-state index is 0.367. The van der Waals surface area contributed by atoms with E-state index in [9.17, 15) is 0 Å². The lowest BCUT2D eigenvalue weighted by Gasteiger charge is -2.29. The summed E-state index contributed by atoms with van der Waals surface area (Å²) in [7, 11) is 1.76. The second-order valence-corrected chi connectivity index (χ2v) is 6.33. The Hall–Kier alpha value is -1.03. The highest BCUT2D eigenvalue weighted by molar-refractivity contribution is 5.29. The molecular formula is C17H31N3O. The molecule has 0 radical (unpaired) electrons. The Kier molecular flexibility index (Phi) is 6.09. The zero-order chi connectivity index (χ0) is 15.2. The third-order valence-corrected chi connectivity index (χ3v) is 4.77. The van der Waals surface area contributed by atoms with Crippen molar-refractivity contribution in [3.8, 4) is 5.75 Å². The van der Waals surface area contributed by atoms with Gasteiger partial charge in [-0.05, 0) is 37.6 Å². The molecule has 21 heavy (non-hydrogen) atoms. The van der Waals surface area contributed by atoms with E-state index in [1.54, 1.807) is 7.11 Å². The van der Waals surface area contributed by atoms with Crippen molar-refractivity contribution in [2.24, 2.45) is 11.8 Å². The van der Waals surface area contributed by atoms with Crippen LogP contribution in [0.3, 0.4) is 0 Å². The zero-order valence-corrected chi connectivity index (χ0v) is 14.1. The number of methoxy groups -OCH3 is 1. The molecule has 1 fully saturated rings. The number of nitrogens with one attached hydrogen (secondary N) is 1. The van der Waals surface area contributed by atoms with Crippen molar-refractivity contribution in [3.05, 3.63) is 11.9 Å². The van der Waals surface area contributed by atoms with Gasteiger partial charge in [-0.1, -0.05) is 33.6 Å². The maximum absolute atomic E-state index is 5.60. The van der Waals surface area contributed by atoms with Crippen LogP contribution in [0.25, 0.3) is 0 Å². The number of rotatable bonds is 8. The smallest absolute Gasteiger partial charge is 0.161 e. The minimum Gasteiger partial charge on any atom is -0.493 e. The second-order valence-electron chi connectivity index (χ2n) is 6.33. The molecule has 1 aromatic rings. The van der Waals surface area contributed by atoms with Crippen molar-refractivity contribution in [1.29, 1.82) is 0 Å². The van der Waals surface area contributed by atoms with Gasteiger partial charge in [0.1, 0.15) is 0 Å². The van der Waals surface area contributed by atoms with Crippen LogP contribution >= 0.6 is 0 Å². The van der Waals surface area contributed by atoms with Crippen LogP contribution in [0.4, 0.5) is 0 Å². The van der Waals surface area contributed by atoms with E-state index >= 15 is 0 Å². The molecule has 1 aromatic heterocycles. The molecule has 1 aliphatic carbocycles. The van der Waals surface area contributed by atoms with Crippen LogP contribution in [0.1, 0.15) is 64.6 Å². The highest BCUT2D eigenvalue weighted by Gasteiger charge is 2.35. The van der Waals surface area contributed by atoms with Crippen molar-refractivity contribution in [2.75, 3.05) is 13.7 Å². The monoisotopic (exact) mass is 293 g/mol. The lowest BCUT2D eigenvalue weighted by atomic mass is 9.87. The fraction of sp³-hybridized carbons (Fsp3) is 0.824. The molecule has 3 atom stereocenters. The molecule has 4 nitrogen and oxygen atoms in total. The van der Waals surface area contributed by atoms with E-state index in [0.29, 0.717) is 12.0 Å². The lowest BCUT2D eigenvalue weighted by molar-refractivity contribution is 0.278. The minimum absolute atomic E-state index is 0.367. The Morgan fingerprint density at radius 3 is 2.76 bits per heavy atom. The number of aryl methyl sites for hydroxylation is 1. The summed E-state index contributed by atoms with van der Waals surface area (Å²) >= 11 is 0. The summed E-state index contributed by atoms with van der Waals surface area (Å²) < 4.78 is 7.75. The summed E-state index contributed by atoms with van der Waals surface area (Å²) in [6.07, 6.45) is 8.13. The predicted octanol–water partition coefficient (Wildman–Crippen LogP) is 3.78. The van der Waals surface area contributed by atoms with E-state index in [2.05, 4.69) is 35.9 Å². The van der Waals surface area contributed by atoms with Crippen LogP contribution in [-0.4, -0.2) is 23.4 Å². The van der Waals surface area contributed by atoms with Gasteiger partial charge in [-0.2, -0.15) is 5.10 Å². The molecule has 3 unspecified atom stereocenters. The van der Waals surface area contributed by atoms with E-state index < -0.39 is 0 Å². The van der Waals surface area contributed by atoms with Crippen LogP contribution in [0.5, 0.6) is 5.75 Å². The Morgan fingerprint density at radius 2 is 2.19 bits per heavy atom. The Bertz CT molecular complexity index is 430. The van der Waals surface area contributed by atoms with E-state index in [4.69, 9.17) is 4.74 Å².